The molecule has 0 radical (unpaired) electrons. The molecule has 1 aromatic heterocycles. The molecule has 0 aliphatic carbocycles. The predicted molar refractivity (Wildman–Crippen MR) is 97.4 cm³/mol. The quantitative estimate of drug-likeness (QED) is 0.695. The van der Waals surface area contributed by atoms with E-state index in [2.05, 4.69) is 15.6 Å². The summed E-state index contributed by atoms with van der Waals surface area (Å²) in [4.78, 5) is 16.2. The van der Waals surface area contributed by atoms with Crippen LogP contribution in [0.3, 0.4) is 0 Å². The number of carbonyl (C=O) groups excluding carboxylic acids is 1. The number of nitrogens with one attached hydrogen (secondary N) is 2. The summed E-state index contributed by atoms with van der Waals surface area (Å²) in [6.07, 6.45) is 1.62. The van der Waals surface area contributed by atoms with Gasteiger partial charge in [-0.3, -0.25) is 4.79 Å². The van der Waals surface area contributed by atoms with Crippen LogP contribution in [-0.2, 0) is 6.54 Å². The summed E-state index contributed by atoms with van der Waals surface area (Å²) in [6.45, 7) is 0.633. The summed E-state index contributed by atoms with van der Waals surface area (Å²) in [5, 5.41) is 6.56. The number of aromatic nitrogens is 1. The first-order chi connectivity index (χ1) is 12.1. The second-order valence-electron chi connectivity index (χ2n) is 5.38. The lowest BCUT2D eigenvalue weighted by Crippen LogP contribution is -2.13. The second-order valence-corrected chi connectivity index (χ2v) is 5.81. The van der Waals surface area contributed by atoms with Gasteiger partial charge >= 0.3 is 0 Å². The zero-order valence-electron chi connectivity index (χ0n) is 13.2. The van der Waals surface area contributed by atoms with Gasteiger partial charge < -0.3 is 10.6 Å². The highest BCUT2D eigenvalue weighted by Gasteiger charge is 2.07. The molecule has 126 valence electrons. The van der Waals surface area contributed by atoms with E-state index in [4.69, 9.17) is 11.6 Å². The van der Waals surface area contributed by atoms with E-state index in [1.807, 2.05) is 30.3 Å². The fourth-order valence-electron chi connectivity index (χ4n) is 2.20. The molecule has 0 saturated carbocycles. The molecule has 2 aromatic carbocycles. The zero-order valence-corrected chi connectivity index (χ0v) is 13.9. The highest BCUT2D eigenvalue weighted by molar-refractivity contribution is 6.30. The normalized spacial score (nSPS) is 10.3. The predicted octanol–water partition coefficient (Wildman–Crippen LogP) is 4.74. The van der Waals surface area contributed by atoms with E-state index in [0.717, 1.165) is 11.3 Å². The molecule has 2 N–H and O–H groups in total. The van der Waals surface area contributed by atoms with Crippen LogP contribution in [0.15, 0.2) is 66.9 Å². The zero-order chi connectivity index (χ0) is 17.6. The molecular formula is C19H15ClFN3O. The topological polar surface area (TPSA) is 54.0 Å². The minimum atomic E-state index is -0.456. The van der Waals surface area contributed by atoms with Crippen LogP contribution in [-0.4, -0.2) is 10.9 Å². The summed E-state index contributed by atoms with van der Waals surface area (Å²) in [5.74, 6) is -0.470. The maximum absolute atomic E-state index is 13.2. The van der Waals surface area contributed by atoms with Crippen LogP contribution in [0.2, 0.25) is 5.02 Å². The van der Waals surface area contributed by atoms with Gasteiger partial charge in [-0.1, -0.05) is 29.8 Å². The summed E-state index contributed by atoms with van der Waals surface area (Å²) >= 11 is 5.85. The van der Waals surface area contributed by atoms with E-state index in [-0.39, 0.29) is 5.56 Å². The van der Waals surface area contributed by atoms with Gasteiger partial charge in [0.25, 0.3) is 5.91 Å². The summed E-state index contributed by atoms with van der Waals surface area (Å²) < 4.78 is 13.2. The average Bonchev–Trinajstić information content (AvgIpc) is 2.62. The lowest BCUT2D eigenvalue weighted by Gasteiger charge is -2.08. The van der Waals surface area contributed by atoms with Gasteiger partial charge in [-0.2, -0.15) is 0 Å². The molecule has 0 aliphatic heterocycles. The van der Waals surface area contributed by atoms with Crippen molar-refractivity contribution in [2.75, 3.05) is 10.6 Å². The van der Waals surface area contributed by atoms with Crippen LogP contribution in [0, 0.1) is 5.82 Å². The molecule has 3 rings (SSSR count). The van der Waals surface area contributed by atoms with Crippen LogP contribution in [0.5, 0.6) is 0 Å². The van der Waals surface area contributed by atoms with Gasteiger partial charge in [-0.05, 0) is 48.0 Å². The largest absolute Gasteiger partial charge is 0.380 e. The van der Waals surface area contributed by atoms with Crippen LogP contribution >= 0.6 is 11.6 Å². The van der Waals surface area contributed by atoms with Crippen molar-refractivity contribution in [3.05, 3.63) is 88.8 Å². The van der Waals surface area contributed by atoms with Crippen LogP contribution in [0.1, 0.15) is 15.9 Å². The molecule has 0 spiro atoms. The van der Waals surface area contributed by atoms with Crippen molar-refractivity contribution in [2.45, 2.75) is 6.54 Å². The van der Waals surface area contributed by atoms with Crippen molar-refractivity contribution >= 4 is 29.0 Å². The second kappa shape index (κ2) is 7.77. The molecule has 4 nitrogen and oxygen atoms in total. The summed E-state index contributed by atoms with van der Waals surface area (Å²) in [6, 6.07) is 16.5. The summed E-state index contributed by atoms with van der Waals surface area (Å²) in [7, 11) is 0. The number of pyridine rings is 1. The molecule has 0 fully saturated rings. The molecule has 0 bridgehead atoms. The van der Waals surface area contributed by atoms with Crippen molar-refractivity contribution in [1.29, 1.82) is 0 Å². The van der Waals surface area contributed by atoms with Gasteiger partial charge in [0, 0.05) is 17.1 Å². The highest BCUT2D eigenvalue weighted by Crippen LogP contribution is 2.14. The molecule has 25 heavy (non-hydrogen) atoms. The fourth-order valence-corrected chi connectivity index (χ4v) is 2.32. The Morgan fingerprint density at radius 3 is 2.56 bits per heavy atom. The molecule has 1 heterocycles. The lowest BCUT2D eigenvalue weighted by molar-refractivity contribution is 0.102. The van der Waals surface area contributed by atoms with Crippen molar-refractivity contribution in [3.8, 4) is 0 Å². The van der Waals surface area contributed by atoms with E-state index >= 15 is 0 Å². The van der Waals surface area contributed by atoms with Gasteiger partial charge in [0.1, 0.15) is 11.6 Å². The smallest absolute Gasteiger partial charge is 0.256 e. The third kappa shape index (κ3) is 4.78. The fraction of sp³-hybridized carbons (Fsp3) is 0.0526. The Hall–Kier alpha value is -2.92. The standard InChI is InChI=1S/C19H15ClFN3O/c20-15-6-4-13(5-7-15)11-22-17-8-9-18(23-12-17)24-19(25)14-2-1-3-16(21)10-14/h1-10,12,22H,11H2,(H,23,24,25). The Morgan fingerprint density at radius 2 is 1.88 bits per heavy atom. The minimum absolute atomic E-state index is 0.242. The van der Waals surface area contributed by atoms with Gasteiger partial charge in [0.2, 0.25) is 0 Å². The Labute approximate surface area is 149 Å². The van der Waals surface area contributed by atoms with E-state index in [1.165, 1.54) is 18.2 Å². The molecule has 0 aliphatic rings. The van der Waals surface area contributed by atoms with Gasteiger partial charge in [-0.15, -0.1) is 0 Å². The SMILES string of the molecule is O=C(Nc1ccc(NCc2ccc(Cl)cc2)cn1)c1cccc(F)c1. The molecule has 0 saturated heterocycles. The van der Waals surface area contributed by atoms with Crippen LogP contribution in [0.25, 0.3) is 0 Å². The van der Waals surface area contributed by atoms with E-state index in [1.54, 1.807) is 18.3 Å². The maximum Gasteiger partial charge on any atom is 0.256 e. The van der Waals surface area contributed by atoms with E-state index < -0.39 is 11.7 Å². The number of hydrogen-bond acceptors (Lipinski definition) is 3. The lowest BCUT2D eigenvalue weighted by atomic mass is 10.2. The Kier molecular flexibility index (Phi) is 5.26. The first-order valence-corrected chi connectivity index (χ1v) is 7.99. The van der Waals surface area contributed by atoms with Crippen LogP contribution in [0.4, 0.5) is 15.9 Å². The molecule has 1 amide bonds. The average molecular weight is 356 g/mol. The highest BCUT2D eigenvalue weighted by atomic mass is 35.5. The van der Waals surface area contributed by atoms with Gasteiger partial charge in [0.15, 0.2) is 0 Å². The number of anilines is 2. The molecule has 0 atom stereocenters. The number of carbonyl (C=O) groups is 1. The molecule has 0 unspecified atom stereocenters. The Balaban J connectivity index is 1.58. The van der Waals surface area contributed by atoms with Crippen molar-refractivity contribution in [1.82, 2.24) is 4.98 Å². The molecule has 3 aromatic rings. The first kappa shape index (κ1) is 16.9. The van der Waals surface area contributed by atoms with E-state index in [9.17, 15) is 9.18 Å². The first-order valence-electron chi connectivity index (χ1n) is 7.61. The number of amides is 1. The monoisotopic (exact) mass is 355 g/mol. The summed E-state index contributed by atoms with van der Waals surface area (Å²) in [5.41, 5.74) is 2.15. The number of rotatable bonds is 5. The molecule has 6 heteroatoms. The Bertz CT molecular complexity index is 867. The van der Waals surface area contributed by atoms with Crippen molar-refractivity contribution in [2.24, 2.45) is 0 Å². The number of halogens is 2. The Morgan fingerprint density at radius 1 is 1.08 bits per heavy atom. The number of nitrogens with zero attached hydrogens (tertiary/aromatic N) is 1. The number of benzene rings is 2. The van der Waals surface area contributed by atoms with Gasteiger partial charge in [0.05, 0.1) is 11.9 Å². The third-order valence-electron chi connectivity index (χ3n) is 3.50. The third-order valence-corrected chi connectivity index (χ3v) is 3.75. The van der Waals surface area contributed by atoms with Crippen molar-refractivity contribution < 1.29 is 9.18 Å². The molecular weight excluding hydrogens is 341 g/mol. The van der Waals surface area contributed by atoms with E-state index in [0.29, 0.717) is 17.4 Å². The number of hydrogen-bond donors (Lipinski definition) is 2. The van der Waals surface area contributed by atoms with Crippen LogP contribution < -0.4 is 10.6 Å². The van der Waals surface area contributed by atoms with Crippen molar-refractivity contribution in [3.63, 3.8) is 0 Å². The minimum Gasteiger partial charge on any atom is -0.380 e. The van der Waals surface area contributed by atoms with Gasteiger partial charge in [-0.25, -0.2) is 9.37 Å². The maximum atomic E-state index is 13.2.